The summed E-state index contributed by atoms with van der Waals surface area (Å²) in [6.45, 7) is 2.19. The summed E-state index contributed by atoms with van der Waals surface area (Å²) in [6, 6.07) is 6.32. The first kappa shape index (κ1) is 19.3. The molecular weight excluding hydrogens is 342 g/mol. The minimum atomic E-state index is -4.22. The Morgan fingerprint density at radius 3 is 2.04 bits per heavy atom. The second kappa shape index (κ2) is 8.92. The van der Waals surface area contributed by atoms with Gasteiger partial charge in [-0.2, -0.15) is 8.42 Å². The van der Waals surface area contributed by atoms with Crippen molar-refractivity contribution < 1.29 is 22.3 Å². The number of carbonyl (C=O) groups excluding carboxylic acids is 2. The highest BCUT2D eigenvalue weighted by Gasteiger charge is 2.31. The van der Waals surface area contributed by atoms with E-state index in [1.54, 1.807) is 12.1 Å². The molecule has 6 nitrogen and oxygen atoms in total. The van der Waals surface area contributed by atoms with Gasteiger partial charge in [0.15, 0.2) is 0 Å². The van der Waals surface area contributed by atoms with Gasteiger partial charge in [0, 0.05) is 12.2 Å². The Morgan fingerprint density at radius 1 is 0.880 bits per heavy atom. The number of amides is 2. The van der Waals surface area contributed by atoms with Crippen molar-refractivity contribution in [2.75, 3.05) is 0 Å². The highest BCUT2D eigenvalue weighted by atomic mass is 32.2. The summed E-state index contributed by atoms with van der Waals surface area (Å²) < 4.78 is 28.9. The molecule has 0 atom stereocenters. The van der Waals surface area contributed by atoms with Crippen LogP contribution in [-0.4, -0.2) is 25.3 Å². The molecular formula is C18H23NO5S. The van der Waals surface area contributed by atoms with E-state index in [2.05, 4.69) is 11.2 Å². The molecule has 0 aliphatic carbocycles. The molecule has 2 rings (SSSR count). The van der Waals surface area contributed by atoms with Crippen LogP contribution in [0, 0.1) is 0 Å². The summed E-state index contributed by atoms with van der Waals surface area (Å²) in [5.74, 6) is -1.62. The lowest BCUT2D eigenvalue weighted by Gasteiger charge is -2.13. The molecule has 0 spiro atoms. The summed E-state index contributed by atoms with van der Waals surface area (Å²) in [5, 5.41) is 0.236. The molecule has 0 saturated carbocycles. The van der Waals surface area contributed by atoms with E-state index in [0.717, 1.165) is 37.0 Å². The number of hydrogen-bond donors (Lipinski definition) is 0. The van der Waals surface area contributed by atoms with Crippen LogP contribution in [-0.2, 0) is 30.4 Å². The Labute approximate surface area is 148 Å². The van der Waals surface area contributed by atoms with Gasteiger partial charge in [-0.25, -0.2) is 0 Å². The number of hydroxylamine groups is 2. The second-order valence-electron chi connectivity index (χ2n) is 5.99. The summed E-state index contributed by atoms with van der Waals surface area (Å²) in [6.07, 6.45) is 10.0. The van der Waals surface area contributed by atoms with E-state index in [-0.39, 0.29) is 9.96 Å². The van der Waals surface area contributed by atoms with E-state index < -0.39 is 21.9 Å². The molecule has 136 valence electrons. The van der Waals surface area contributed by atoms with Crippen LogP contribution in [0.5, 0.6) is 0 Å². The van der Waals surface area contributed by atoms with Crippen molar-refractivity contribution in [1.82, 2.24) is 5.06 Å². The number of carbonyl (C=O) groups is 2. The van der Waals surface area contributed by atoms with E-state index in [4.69, 9.17) is 0 Å². The lowest BCUT2D eigenvalue weighted by Crippen LogP contribution is -2.32. The number of hydrogen-bond acceptors (Lipinski definition) is 5. The number of benzene rings is 1. The molecule has 25 heavy (non-hydrogen) atoms. The third-order valence-corrected chi connectivity index (χ3v) is 5.17. The van der Waals surface area contributed by atoms with Crippen LogP contribution in [0.1, 0.15) is 51.0 Å². The maximum atomic E-state index is 12.2. The van der Waals surface area contributed by atoms with Crippen LogP contribution in [0.2, 0.25) is 0 Å². The molecule has 0 N–H and O–H groups in total. The van der Waals surface area contributed by atoms with Crippen molar-refractivity contribution in [3.8, 4) is 0 Å². The molecule has 1 aliphatic rings. The fourth-order valence-corrected chi connectivity index (χ4v) is 3.43. The average Bonchev–Trinajstić information content (AvgIpc) is 2.90. The zero-order valence-electron chi connectivity index (χ0n) is 14.3. The van der Waals surface area contributed by atoms with E-state index in [0.29, 0.717) is 0 Å². The maximum absolute atomic E-state index is 12.2. The standard InChI is InChI=1S/C18H23NO5S/c1-2-3-4-5-6-7-8-15-9-11-16(12-10-15)25(22,23)24-19-17(20)13-14-18(19)21/h9-14H,2-8H2,1H3. The van der Waals surface area contributed by atoms with Gasteiger partial charge in [0.2, 0.25) is 0 Å². The van der Waals surface area contributed by atoms with Gasteiger partial charge in [-0.3, -0.25) is 9.59 Å². The van der Waals surface area contributed by atoms with Crippen LogP contribution in [0.15, 0.2) is 41.3 Å². The fraction of sp³-hybridized carbons (Fsp3) is 0.444. The summed E-state index contributed by atoms with van der Waals surface area (Å²) in [7, 11) is -4.22. The molecule has 0 fully saturated rings. The van der Waals surface area contributed by atoms with Crippen molar-refractivity contribution in [2.24, 2.45) is 0 Å². The Kier molecular flexibility index (Phi) is 6.90. The highest BCUT2D eigenvalue weighted by molar-refractivity contribution is 7.86. The zero-order valence-corrected chi connectivity index (χ0v) is 15.1. The van der Waals surface area contributed by atoms with Gasteiger partial charge in [0.1, 0.15) is 0 Å². The lowest BCUT2D eigenvalue weighted by molar-refractivity contribution is -0.161. The quantitative estimate of drug-likeness (QED) is 0.470. The van der Waals surface area contributed by atoms with Crippen molar-refractivity contribution in [3.05, 3.63) is 42.0 Å². The maximum Gasteiger partial charge on any atom is 0.318 e. The number of nitrogens with zero attached hydrogens (tertiary/aromatic N) is 1. The van der Waals surface area contributed by atoms with E-state index in [1.807, 2.05) is 0 Å². The first-order valence-corrected chi connectivity index (χ1v) is 9.94. The van der Waals surface area contributed by atoms with Crippen LogP contribution >= 0.6 is 0 Å². The summed E-state index contributed by atoms with van der Waals surface area (Å²) in [4.78, 5) is 22.7. The van der Waals surface area contributed by atoms with Crippen molar-refractivity contribution >= 4 is 21.9 Å². The van der Waals surface area contributed by atoms with Crippen molar-refractivity contribution in [2.45, 2.75) is 56.8 Å². The predicted octanol–water partition coefficient (Wildman–Crippen LogP) is 3.13. The predicted molar refractivity (Wildman–Crippen MR) is 92.8 cm³/mol. The van der Waals surface area contributed by atoms with Gasteiger partial charge in [-0.15, -0.1) is 9.35 Å². The minimum absolute atomic E-state index is 0.0910. The number of rotatable bonds is 10. The molecule has 1 heterocycles. The van der Waals surface area contributed by atoms with Gasteiger partial charge < -0.3 is 0 Å². The molecule has 1 aliphatic heterocycles. The van der Waals surface area contributed by atoms with Crippen LogP contribution < -0.4 is 0 Å². The Hall–Kier alpha value is -1.99. The van der Waals surface area contributed by atoms with Crippen LogP contribution in [0.4, 0.5) is 0 Å². The largest absolute Gasteiger partial charge is 0.318 e. The summed E-state index contributed by atoms with van der Waals surface area (Å²) >= 11 is 0. The topological polar surface area (TPSA) is 80.8 Å². The minimum Gasteiger partial charge on any atom is -0.267 e. The van der Waals surface area contributed by atoms with Crippen molar-refractivity contribution in [3.63, 3.8) is 0 Å². The number of aryl methyl sites for hydroxylation is 1. The smallest absolute Gasteiger partial charge is 0.267 e. The van der Waals surface area contributed by atoms with Gasteiger partial charge >= 0.3 is 10.1 Å². The van der Waals surface area contributed by atoms with Crippen LogP contribution in [0.25, 0.3) is 0 Å². The Balaban J connectivity index is 1.88. The number of imide groups is 1. The average molecular weight is 365 g/mol. The van der Waals surface area contributed by atoms with Crippen molar-refractivity contribution in [1.29, 1.82) is 0 Å². The molecule has 1 aromatic rings. The van der Waals surface area contributed by atoms with Gasteiger partial charge in [0.25, 0.3) is 11.8 Å². The zero-order chi connectivity index (χ0) is 18.3. The first-order valence-electron chi connectivity index (χ1n) is 8.53. The monoisotopic (exact) mass is 365 g/mol. The molecule has 0 aromatic heterocycles. The fourth-order valence-electron chi connectivity index (χ4n) is 2.53. The molecule has 0 saturated heterocycles. The second-order valence-corrected chi connectivity index (χ2v) is 7.52. The highest BCUT2D eigenvalue weighted by Crippen LogP contribution is 2.18. The molecule has 1 aromatic carbocycles. The lowest BCUT2D eigenvalue weighted by atomic mass is 10.1. The Morgan fingerprint density at radius 2 is 1.44 bits per heavy atom. The molecule has 0 radical (unpaired) electrons. The third kappa shape index (κ3) is 5.51. The van der Waals surface area contributed by atoms with E-state index in [9.17, 15) is 18.0 Å². The Bertz CT molecular complexity index is 719. The molecule has 2 amide bonds. The van der Waals surface area contributed by atoms with Crippen LogP contribution in [0.3, 0.4) is 0 Å². The van der Waals surface area contributed by atoms with Gasteiger partial charge in [-0.1, -0.05) is 51.2 Å². The molecule has 0 unspecified atom stereocenters. The third-order valence-electron chi connectivity index (χ3n) is 3.97. The summed E-state index contributed by atoms with van der Waals surface area (Å²) in [5.41, 5.74) is 1.05. The molecule has 7 heteroatoms. The van der Waals surface area contributed by atoms with Gasteiger partial charge in [-0.05, 0) is 30.5 Å². The normalized spacial score (nSPS) is 14.5. The van der Waals surface area contributed by atoms with E-state index >= 15 is 0 Å². The first-order chi connectivity index (χ1) is 11.9. The van der Waals surface area contributed by atoms with E-state index in [1.165, 1.54) is 37.8 Å². The SMILES string of the molecule is CCCCCCCCc1ccc(S(=O)(=O)ON2C(=O)C=CC2=O)cc1. The van der Waals surface area contributed by atoms with Gasteiger partial charge in [0.05, 0.1) is 4.90 Å². The molecule has 0 bridgehead atoms. The number of unbranched alkanes of at least 4 members (excludes halogenated alkanes) is 5.